The number of carbonyl (C=O) groups excluding carboxylic acids is 1. The lowest BCUT2D eigenvalue weighted by atomic mass is 9.91. The highest BCUT2D eigenvalue weighted by atomic mass is 32.1. The van der Waals surface area contributed by atoms with E-state index in [2.05, 4.69) is 30.4 Å². The lowest BCUT2D eigenvalue weighted by molar-refractivity contribution is 0.0726. The van der Waals surface area contributed by atoms with Crippen molar-refractivity contribution < 1.29 is 4.79 Å². The van der Waals surface area contributed by atoms with Gasteiger partial charge in [0, 0.05) is 18.5 Å². The van der Waals surface area contributed by atoms with E-state index in [1.165, 1.54) is 18.0 Å². The number of aromatic nitrogens is 2. The lowest BCUT2D eigenvalue weighted by Crippen LogP contribution is -2.36. The summed E-state index contributed by atoms with van der Waals surface area (Å²) >= 11 is 1.23. The van der Waals surface area contributed by atoms with Crippen LogP contribution in [0.25, 0.3) is 0 Å². The maximum Gasteiger partial charge on any atom is 0.267 e. The normalized spacial score (nSPS) is 17.2. The smallest absolute Gasteiger partial charge is 0.267 e. The van der Waals surface area contributed by atoms with Crippen LogP contribution in [0, 0.1) is 0 Å². The maximum absolute atomic E-state index is 12.4. The van der Waals surface area contributed by atoms with E-state index in [0.717, 1.165) is 36.5 Å². The molecule has 1 aliphatic rings. The van der Waals surface area contributed by atoms with E-state index in [1.807, 2.05) is 4.90 Å². The summed E-state index contributed by atoms with van der Waals surface area (Å²) in [7, 11) is 0. The molecule has 0 aromatic carbocycles. The molecule has 0 saturated carbocycles. The van der Waals surface area contributed by atoms with Gasteiger partial charge >= 0.3 is 0 Å². The number of hydrogen-bond acceptors (Lipinski definition) is 4. The molecule has 1 saturated heterocycles. The van der Waals surface area contributed by atoms with E-state index >= 15 is 0 Å². The topological polar surface area (TPSA) is 46.1 Å². The number of piperidine rings is 1. The van der Waals surface area contributed by atoms with Gasteiger partial charge in [-0.3, -0.25) is 4.79 Å². The Labute approximate surface area is 106 Å². The van der Waals surface area contributed by atoms with Gasteiger partial charge in [-0.15, -0.1) is 5.10 Å². The van der Waals surface area contributed by atoms with Crippen molar-refractivity contribution >= 4 is 17.4 Å². The second-order valence-electron chi connectivity index (χ2n) is 5.55. The van der Waals surface area contributed by atoms with Gasteiger partial charge in [0.2, 0.25) is 0 Å². The molecule has 0 unspecified atom stereocenters. The molecule has 0 spiro atoms. The zero-order chi connectivity index (χ0) is 12.5. The third kappa shape index (κ3) is 2.65. The second-order valence-corrected chi connectivity index (χ2v) is 6.31. The number of carbonyl (C=O) groups is 1. The van der Waals surface area contributed by atoms with E-state index in [9.17, 15) is 4.79 Å². The Morgan fingerprint density at radius 1 is 1.24 bits per heavy atom. The Bertz CT molecular complexity index is 402. The first kappa shape index (κ1) is 12.5. The van der Waals surface area contributed by atoms with Crippen molar-refractivity contribution in [3.63, 3.8) is 0 Å². The fourth-order valence-electron chi connectivity index (χ4n) is 2.06. The van der Waals surface area contributed by atoms with Crippen LogP contribution in [0.4, 0.5) is 0 Å². The molecule has 0 aliphatic carbocycles. The van der Waals surface area contributed by atoms with Crippen molar-refractivity contribution in [3.05, 3.63) is 10.6 Å². The number of likely N-dealkylation sites (tertiary alicyclic amines) is 1. The predicted octanol–water partition coefficient (Wildman–Crippen LogP) is 2.46. The van der Waals surface area contributed by atoms with Gasteiger partial charge in [0.25, 0.3) is 5.91 Å². The Morgan fingerprint density at radius 2 is 1.88 bits per heavy atom. The maximum atomic E-state index is 12.4. The van der Waals surface area contributed by atoms with Crippen molar-refractivity contribution in [3.8, 4) is 0 Å². The van der Waals surface area contributed by atoms with Crippen LogP contribution in [0.5, 0.6) is 0 Å². The Kier molecular flexibility index (Phi) is 3.47. The fourth-order valence-corrected chi connectivity index (χ4v) is 2.91. The Hall–Kier alpha value is -0.970. The van der Waals surface area contributed by atoms with Crippen molar-refractivity contribution in [2.45, 2.75) is 45.4 Å². The van der Waals surface area contributed by atoms with E-state index in [1.54, 1.807) is 0 Å². The third-order valence-electron chi connectivity index (χ3n) is 3.04. The molecular formula is C12H19N3OS. The van der Waals surface area contributed by atoms with E-state index in [0.29, 0.717) is 0 Å². The summed E-state index contributed by atoms with van der Waals surface area (Å²) < 4.78 is 3.95. The average Bonchev–Trinajstić information content (AvgIpc) is 2.78. The highest BCUT2D eigenvalue weighted by Crippen LogP contribution is 2.27. The molecule has 5 heteroatoms. The fraction of sp³-hybridized carbons (Fsp3) is 0.750. The van der Waals surface area contributed by atoms with Crippen LogP contribution in [0.1, 0.15) is 55.4 Å². The quantitative estimate of drug-likeness (QED) is 0.772. The van der Waals surface area contributed by atoms with E-state index in [4.69, 9.17) is 0 Å². The molecule has 1 amide bonds. The van der Waals surface area contributed by atoms with Crippen LogP contribution < -0.4 is 0 Å². The molecule has 17 heavy (non-hydrogen) atoms. The van der Waals surface area contributed by atoms with Gasteiger partial charge in [0.1, 0.15) is 4.88 Å². The van der Waals surface area contributed by atoms with Crippen LogP contribution in [0.2, 0.25) is 0 Å². The van der Waals surface area contributed by atoms with Gasteiger partial charge in [0.15, 0.2) is 0 Å². The number of rotatable bonds is 1. The lowest BCUT2D eigenvalue weighted by Gasteiger charge is -2.27. The standard InChI is InChI=1S/C12H19N3OS/c1-12(2,3)10-9(17-14-13-10)11(16)15-7-5-4-6-8-15/h4-8H2,1-3H3. The summed E-state index contributed by atoms with van der Waals surface area (Å²) in [4.78, 5) is 15.0. The summed E-state index contributed by atoms with van der Waals surface area (Å²) in [6, 6.07) is 0. The van der Waals surface area contributed by atoms with Crippen LogP contribution in [-0.2, 0) is 5.41 Å². The molecule has 94 valence electrons. The van der Waals surface area contributed by atoms with Crippen LogP contribution in [0.3, 0.4) is 0 Å². The van der Waals surface area contributed by atoms with Gasteiger partial charge < -0.3 is 4.90 Å². The summed E-state index contributed by atoms with van der Waals surface area (Å²) in [5.41, 5.74) is 0.714. The molecule has 0 N–H and O–H groups in total. The van der Waals surface area contributed by atoms with Gasteiger partial charge in [-0.1, -0.05) is 25.3 Å². The summed E-state index contributed by atoms with van der Waals surface area (Å²) in [6.45, 7) is 7.95. The van der Waals surface area contributed by atoms with Crippen LogP contribution >= 0.6 is 11.5 Å². The first-order chi connectivity index (χ1) is 8.00. The molecular weight excluding hydrogens is 234 g/mol. The summed E-state index contributed by atoms with van der Waals surface area (Å²) in [5, 5.41) is 4.12. The number of amides is 1. The molecule has 1 fully saturated rings. The van der Waals surface area contributed by atoms with Gasteiger partial charge in [0.05, 0.1) is 5.69 Å². The second kappa shape index (κ2) is 4.72. The van der Waals surface area contributed by atoms with Gasteiger partial charge in [-0.05, 0) is 30.8 Å². The molecule has 1 aliphatic heterocycles. The summed E-state index contributed by atoms with van der Waals surface area (Å²) in [6.07, 6.45) is 3.46. The van der Waals surface area contributed by atoms with E-state index in [-0.39, 0.29) is 11.3 Å². The van der Waals surface area contributed by atoms with Gasteiger partial charge in [-0.25, -0.2) is 0 Å². The number of hydrogen-bond donors (Lipinski definition) is 0. The molecule has 1 aromatic heterocycles. The molecule has 0 bridgehead atoms. The third-order valence-corrected chi connectivity index (χ3v) is 3.75. The minimum Gasteiger partial charge on any atom is -0.338 e. The Balaban J connectivity index is 2.22. The molecule has 4 nitrogen and oxygen atoms in total. The molecule has 0 radical (unpaired) electrons. The monoisotopic (exact) mass is 253 g/mol. The van der Waals surface area contributed by atoms with Crippen LogP contribution in [0.15, 0.2) is 0 Å². The largest absolute Gasteiger partial charge is 0.338 e. The number of nitrogens with zero attached hydrogens (tertiary/aromatic N) is 3. The van der Waals surface area contributed by atoms with Crippen molar-refractivity contribution in [2.75, 3.05) is 13.1 Å². The average molecular weight is 253 g/mol. The first-order valence-corrected chi connectivity index (χ1v) is 6.89. The highest BCUT2D eigenvalue weighted by molar-refractivity contribution is 7.08. The van der Waals surface area contributed by atoms with Crippen molar-refractivity contribution in [2.24, 2.45) is 0 Å². The zero-order valence-corrected chi connectivity index (χ0v) is 11.5. The molecule has 2 heterocycles. The molecule has 0 atom stereocenters. The van der Waals surface area contributed by atoms with Crippen LogP contribution in [-0.4, -0.2) is 33.5 Å². The van der Waals surface area contributed by atoms with Crippen molar-refractivity contribution in [1.29, 1.82) is 0 Å². The highest BCUT2D eigenvalue weighted by Gasteiger charge is 2.29. The van der Waals surface area contributed by atoms with Crippen molar-refractivity contribution in [1.82, 2.24) is 14.5 Å². The van der Waals surface area contributed by atoms with Gasteiger partial charge in [-0.2, -0.15) is 0 Å². The Morgan fingerprint density at radius 3 is 2.47 bits per heavy atom. The SMILES string of the molecule is CC(C)(C)c1nnsc1C(=O)N1CCCCC1. The zero-order valence-electron chi connectivity index (χ0n) is 10.7. The van der Waals surface area contributed by atoms with E-state index < -0.39 is 0 Å². The molecule has 1 aromatic rings. The molecule has 2 rings (SSSR count). The minimum absolute atomic E-state index is 0.115. The first-order valence-electron chi connectivity index (χ1n) is 6.12. The minimum atomic E-state index is -0.117. The predicted molar refractivity (Wildman–Crippen MR) is 68.4 cm³/mol. The summed E-state index contributed by atoms with van der Waals surface area (Å²) in [5.74, 6) is 0.115.